The first-order valence-electron chi connectivity index (χ1n) is 7.18. The Kier molecular flexibility index (Phi) is 3.48. The summed E-state index contributed by atoms with van der Waals surface area (Å²) < 4.78 is 30.7. The zero-order valence-corrected chi connectivity index (χ0v) is 14.3. The molecule has 3 rings (SSSR count). The smallest absolute Gasteiger partial charge is 0.288 e. The number of aromatic nitrogens is 4. The van der Waals surface area contributed by atoms with E-state index in [4.69, 9.17) is 11.6 Å². The number of fused-ring (bicyclic) bond motifs is 1. The number of imidazole rings is 1. The highest BCUT2D eigenvalue weighted by atomic mass is 35.5. The summed E-state index contributed by atoms with van der Waals surface area (Å²) in [5, 5.41) is 4.22. The topological polar surface area (TPSA) is 35.1 Å². The van der Waals surface area contributed by atoms with Crippen LogP contribution in [0.15, 0.2) is 12.3 Å². The predicted molar refractivity (Wildman–Crippen MR) is 86.2 cm³/mol. The van der Waals surface area contributed by atoms with Crippen molar-refractivity contribution in [2.45, 2.75) is 33.6 Å². The standard InChI is InChI=1S/C16H17ClF2N4/c1-8-6-9(2)15-20-10(3)7-23(15)13(8)12-11(17)14(16(4,18)19)22(5)21-12/h6-7H,1-5H3. The molecule has 7 heteroatoms. The van der Waals surface area contributed by atoms with Crippen molar-refractivity contribution in [3.8, 4) is 11.4 Å². The van der Waals surface area contributed by atoms with E-state index in [9.17, 15) is 8.78 Å². The summed E-state index contributed by atoms with van der Waals surface area (Å²) in [5.74, 6) is -3.07. The van der Waals surface area contributed by atoms with Crippen molar-refractivity contribution >= 4 is 17.2 Å². The van der Waals surface area contributed by atoms with Crippen LogP contribution in [-0.2, 0) is 13.0 Å². The van der Waals surface area contributed by atoms with E-state index in [0.717, 1.165) is 34.1 Å². The van der Waals surface area contributed by atoms with Crippen molar-refractivity contribution < 1.29 is 8.78 Å². The van der Waals surface area contributed by atoms with E-state index in [2.05, 4.69) is 10.1 Å². The molecule has 3 aromatic heterocycles. The highest BCUT2D eigenvalue weighted by molar-refractivity contribution is 6.33. The van der Waals surface area contributed by atoms with Gasteiger partial charge in [0.25, 0.3) is 5.92 Å². The van der Waals surface area contributed by atoms with Crippen LogP contribution in [0.2, 0.25) is 5.02 Å². The number of pyridine rings is 1. The Labute approximate surface area is 137 Å². The van der Waals surface area contributed by atoms with Gasteiger partial charge >= 0.3 is 0 Å². The van der Waals surface area contributed by atoms with Crippen molar-refractivity contribution in [1.82, 2.24) is 19.2 Å². The van der Waals surface area contributed by atoms with Gasteiger partial charge in [0.1, 0.15) is 17.0 Å². The van der Waals surface area contributed by atoms with Crippen LogP contribution in [0.5, 0.6) is 0 Å². The van der Waals surface area contributed by atoms with Crippen LogP contribution in [-0.4, -0.2) is 19.2 Å². The Morgan fingerprint density at radius 1 is 1.17 bits per heavy atom. The van der Waals surface area contributed by atoms with Gasteiger partial charge in [0.05, 0.1) is 16.4 Å². The summed E-state index contributed by atoms with van der Waals surface area (Å²) in [6, 6.07) is 1.96. The van der Waals surface area contributed by atoms with Gasteiger partial charge in [0.2, 0.25) is 0 Å². The second kappa shape index (κ2) is 5.03. The molecule has 0 saturated heterocycles. The fraction of sp³-hybridized carbons (Fsp3) is 0.375. The van der Waals surface area contributed by atoms with E-state index in [1.165, 1.54) is 7.05 Å². The van der Waals surface area contributed by atoms with E-state index in [0.29, 0.717) is 11.4 Å². The molecule has 0 bridgehead atoms. The first-order valence-corrected chi connectivity index (χ1v) is 7.56. The molecular formula is C16H17ClF2N4. The Morgan fingerprint density at radius 3 is 2.39 bits per heavy atom. The highest BCUT2D eigenvalue weighted by Crippen LogP contribution is 2.39. The van der Waals surface area contributed by atoms with E-state index >= 15 is 0 Å². The maximum atomic E-state index is 13.8. The molecule has 0 atom stereocenters. The van der Waals surface area contributed by atoms with Gasteiger partial charge in [-0.3, -0.25) is 9.08 Å². The molecule has 0 unspecified atom stereocenters. The van der Waals surface area contributed by atoms with Crippen LogP contribution in [0.1, 0.15) is 29.4 Å². The number of aryl methyl sites for hydroxylation is 4. The van der Waals surface area contributed by atoms with Gasteiger partial charge in [-0.2, -0.15) is 13.9 Å². The average Bonchev–Trinajstić information content (AvgIpc) is 2.90. The van der Waals surface area contributed by atoms with Gasteiger partial charge in [0, 0.05) is 20.2 Å². The van der Waals surface area contributed by atoms with Gasteiger partial charge in [-0.1, -0.05) is 17.7 Å². The highest BCUT2D eigenvalue weighted by Gasteiger charge is 2.34. The predicted octanol–water partition coefficient (Wildman–Crippen LogP) is 4.43. The lowest BCUT2D eigenvalue weighted by Crippen LogP contribution is -2.13. The summed E-state index contributed by atoms with van der Waals surface area (Å²) in [6.45, 7) is 6.58. The molecule has 0 aliphatic heterocycles. The Balaban J connectivity index is 2.39. The zero-order valence-electron chi connectivity index (χ0n) is 13.6. The molecule has 0 spiro atoms. The van der Waals surface area contributed by atoms with Crippen molar-refractivity contribution in [2.24, 2.45) is 7.05 Å². The summed E-state index contributed by atoms with van der Waals surface area (Å²) in [5.41, 5.74) is 4.25. The van der Waals surface area contributed by atoms with E-state index in [1.54, 1.807) is 0 Å². The fourth-order valence-electron chi connectivity index (χ4n) is 3.02. The molecule has 4 nitrogen and oxygen atoms in total. The lowest BCUT2D eigenvalue weighted by atomic mass is 10.1. The third kappa shape index (κ3) is 2.41. The maximum Gasteiger partial charge on any atom is 0.288 e. The van der Waals surface area contributed by atoms with Crippen LogP contribution in [0.3, 0.4) is 0 Å². The minimum Gasteiger partial charge on any atom is -0.297 e. The largest absolute Gasteiger partial charge is 0.297 e. The maximum absolute atomic E-state index is 13.8. The molecule has 0 aliphatic rings. The monoisotopic (exact) mass is 338 g/mol. The molecule has 0 saturated carbocycles. The molecule has 3 aromatic rings. The lowest BCUT2D eigenvalue weighted by Gasteiger charge is -2.11. The summed E-state index contributed by atoms with van der Waals surface area (Å²) >= 11 is 6.27. The minimum atomic E-state index is -3.07. The Bertz CT molecular complexity index is 919. The second-order valence-corrected chi connectivity index (χ2v) is 6.34. The van der Waals surface area contributed by atoms with Crippen molar-refractivity contribution in [3.05, 3.63) is 39.8 Å². The summed E-state index contributed by atoms with van der Waals surface area (Å²) in [6.07, 6.45) is 1.86. The van der Waals surface area contributed by atoms with Crippen LogP contribution in [0.25, 0.3) is 17.0 Å². The zero-order chi connectivity index (χ0) is 17.1. The fourth-order valence-corrected chi connectivity index (χ4v) is 3.44. The number of alkyl halides is 2. The number of rotatable bonds is 2. The van der Waals surface area contributed by atoms with Crippen molar-refractivity contribution in [2.75, 3.05) is 0 Å². The number of halogens is 3. The Hall–Kier alpha value is -1.95. The third-order valence-corrected chi connectivity index (χ3v) is 4.21. The third-order valence-electron chi connectivity index (χ3n) is 3.86. The van der Waals surface area contributed by atoms with Gasteiger partial charge in [0.15, 0.2) is 0 Å². The SMILES string of the molecule is Cc1cn2c(-c3nn(C)c(C(C)(F)F)c3Cl)c(C)cc(C)c2n1. The molecule has 0 N–H and O–H groups in total. The minimum absolute atomic E-state index is 0.0281. The quantitative estimate of drug-likeness (QED) is 0.693. The van der Waals surface area contributed by atoms with Crippen LogP contribution >= 0.6 is 11.6 Å². The first-order chi connectivity index (χ1) is 10.6. The van der Waals surface area contributed by atoms with E-state index in [-0.39, 0.29) is 10.7 Å². The molecular weight excluding hydrogens is 322 g/mol. The summed E-state index contributed by atoms with van der Waals surface area (Å²) in [4.78, 5) is 4.48. The molecule has 0 aliphatic carbocycles. The molecule has 0 radical (unpaired) electrons. The molecule has 122 valence electrons. The molecule has 0 fully saturated rings. The van der Waals surface area contributed by atoms with Gasteiger partial charge in [-0.05, 0) is 31.9 Å². The molecule has 3 heterocycles. The average molecular weight is 339 g/mol. The first kappa shape index (κ1) is 15.9. The van der Waals surface area contributed by atoms with Gasteiger partial charge in [-0.25, -0.2) is 4.98 Å². The second-order valence-electron chi connectivity index (χ2n) is 5.96. The normalized spacial score (nSPS) is 12.3. The number of hydrogen-bond acceptors (Lipinski definition) is 2. The van der Waals surface area contributed by atoms with E-state index < -0.39 is 5.92 Å². The Morgan fingerprint density at radius 2 is 1.83 bits per heavy atom. The van der Waals surface area contributed by atoms with Gasteiger partial charge < -0.3 is 0 Å². The molecule has 0 aromatic carbocycles. The number of nitrogens with zero attached hydrogens (tertiary/aromatic N) is 4. The molecule has 23 heavy (non-hydrogen) atoms. The lowest BCUT2D eigenvalue weighted by molar-refractivity contribution is 0.00895. The van der Waals surface area contributed by atoms with Crippen LogP contribution in [0.4, 0.5) is 8.78 Å². The van der Waals surface area contributed by atoms with Gasteiger partial charge in [-0.15, -0.1) is 0 Å². The van der Waals surface area contributed by atoms with Crippen LogP contribution in [0, 0.1) is 20.8 Å². The van der Waals surface area contributed by atoms with Crippen molar-refractivity contribution in [1.29, 1.82) is 0 Å². The van der Waals surface area contributed by atoms with Crippen LogP contribution < -0.4 is 0 Å². The summed E-state index contributed by atoms with van der Waals surface area (Å²) in [7, 11) is 1.47. The number of hydrogen-bond donors (Lipinski definition) is 0. The van der Waals surface area contributed by atoms with E-state index in [1.807, 2.05) is 37.4 Å². The molecule has 0 amide bonds. The van der Waals surface area contributed by atoms with Crippen molar-refractivity contribution in [3.63, 3.8) is 0 Å².